The predicted molar refractivity (Wildman–Crippen MR) is 47.2 cm³/mol. The quantitative estimate of drug-likeness (QED) is 0.815. The molecule has 0 aliphatic carbocycles. The third-order valence-corrected chi connectivity index (χ3v) is 2.01. The Labute approximate surface area is 86.9 Å². The molecule has 7 heteroatoms. The molecular formula is C9H5F3N2O2. The number of pyridine rings is 1. The Balaban J connectivity index is 2.58. The number of carboxylic acids is 1. The van der Waals surface area contributed by atoms with E-state index < -0.39 is 17.7 Å². The zero-order chi connectivity index (χ0) is 11.9. The van der Waals surface area contributed by atoms with Crippen molar-refractivity contribution < 1.29 is 23.1 Å². The molecule has 4 nitrogen and oxygen atoms in total. The van der Waals surface area contributed by atoms with Crippen LogP contribution in [0.25, 0.3) is 5.52 Å². The molecule has 0 radical (unpaired) electrons. The van der Waals surface area contributed by atoms with Crippen LogP contribution in [0.5, 0.6) is 0 Å². The SMILES string of the molecule is O=C(O)c1cc2ccc(C(F)(F)F)cn2n1. The summed E-state index contributed by atoms with van der Waals surface area (Å²) in [5.74, 6) is -1.28. The number of alkyl halides is 3. The zero-order valence-electron chi connectivity index (χ0n) is 7.69. The second-order valence-electron chi connectivity index (χ2n) is 3.12. The van der Waals surface area contributed by atoms with Gasteiger partial charge in [0.05, 0.1) is 11.1 Å². The van der Waals surface area contributed by atoms with Crippen molar-refractivity contribution in [1.82, 2.24) is 9.61 Å². The standard InChI is InChI=1S/C9H5F3N2O2/c10-9(11,12)5-1-2-6-3-7(8(15)16)13-14(6)4-5/h1-4H,(H,15,16). The van der Waals surface area contributed by atoms with Gasteiger partial charge in [0.15, 0.2) is 5.69 Å². The molecule has 1 N–H and O–H groups in total. The third-order valence-electron chi connectivity index (χ3n) is 2.01. The highest BCUT2D eigenvalue weighted by Crippen LogP contribution is 2.29. The Morgan fingerprint density at radius 2 is 2.06 bits per heavy atom. The highest BCUT2D eigenvalue weighted by atomic mass is 19.4. The number of rotatable bonds is 1. The van der Waals surface area contributed by atoms with Gasteiger partial charge in [0, 0.05) is 6.20 Å². The number of aromatic carboxylic acids is 1. The first kappa shape index (κ1) is 10.5. The number of carboxylic acid groups (broad SMARTS) is 1. The normalized spacial score (nSPS) is 11.9. The van der Waals surface area contributed by atoms with Crippen LogP contribution >= 0.6 is 0 Å². The van der Waals surface area contributed by atoms with Gasteiger partial charge in [-0.2, -0.15) is 18.3 Å². The van der Waals surface area contributed by atoms with Crippen molar-refractivity contribution in [3.8, 4) is 0 Å². The van der Waals surface area contributed by atoms with Crippen LogP contribution < -0.4 is 0 Å². The van der Waals surface area contributed by atoms with Gasteiger partial charge in [-0.15, -0.1) is 0 Å². The minimum absolute atomic E-state index is 0.292. The maximum Gasteiger partial charge on any atom is 0.417 e. The van der Waals surface area contributed by atoms with Crippen LogP contribution in [0.15, 0.2) is 24.4 Å². The van der Waals surface area contributed by atoms with E-state index in [9.17, 15) is 18.0 Å². The van der Waals surface area contributed by atoms with Crippen molar-refractivity contribution >= 4 is 11.5 Å². The molecule has 2 aromatic rings. The molecule has 0 spiro atoms. The summed E-state index contributed by atoms with van der Waals surface area (Å²) in [5, 5.41) is 12.1. The van der Waals surface area contributed by atoms with Gasteiger partial charge < -0.3 is 5.11 Å². The molecule has 0 aromatic carbocycles. The molecule has 0 saturated carbocycles. The third kappa shape index (κ3) is 1.71. The van der Waals surface area contributed by atoms with Crippen LogP contribution in [0.2, 0.25) is 0 Å². The minimum Gasteiger partial charge on any atom is -0.476 e. The largest absolute Gasteiger partial charge is 0.476 e. The lowest BCUT2D eigenvalue weighted by atomic mass is 10.2. The van der Waals surface area contributed by atoms with Crippen molar-refractivity contribution in [2.24, 2.45) is 0 Å². The fourth-order valence-electron chi connectivity index (χ4n) is 1.26. The summed E-state index contributed by atoms with van der Waals surface area (Å²) >= 11 is 0. The molecule has 84 valence electrons. The molecule has 0 aliphatic heterocycles. The molecule has 2 rings (SSSR count). The van der Waals surface area contributed by atoms with Crippen LogP contribution in [0.3, 0.4) is 0 Å². The second kappa shape index (κ2) is 3.22. The van der Waals surface area contributed by atoms with E-state index in [4.69, 9.17) is 5.11 Å². The summed E-state index contributed by atoms with van der Waals surface area (Å²) in [4.78, 5) is 10.6. The number of hydrogen-bond donors (Lipinski definition) is 1. The van der Waals surface area contributed by atoms with Gasteiger partial charge in [-0.25, -0.2) is 9.31 Å². The first-order chi connectivity index (χ1) is 7.38. The van der Waals surface area contributed by atoms with E-state index in [1.54, 1.807) is 0 Å². The molecule has 2 heterocycles. The number of fused-ring (bicyclic) bond motifs is 1. The summed E-state index contributed by atoms with van der Waals surface area (Å²) in [5.41, 5.74) is -0.871. The van der Waals surface area contributed by atoms with E-state index in [1.807, 2.05) is 0 Å². The number of carbonyl (C=O) groups is 1. The Hall–Kier alpha value is -2.05. The number of hydrogen-bond acceptors (Lipinski definition) is 2. The molecule has 0 unspecified atom stereocenters. The maximum absolute atomic E-state index is 12.3. The van der Waals surface area contributed by atoms with Crippen molar-refractivity contribution in [2.45, 2.75) is 6.18 Å². The van der Waals surface area contributed by atoms with E-state index in [2.05, 4.69) is 5.10 Å². The van der Waals surface area contributed by atoms with Crippen LogP contribution in [0.1, 0.15) is 16.1 Å². The topological polar surface area (TPSA) is 54.6 Å². The van der Waals surface area contributed by atoms with Crippen LogP contribution in [0.4, 0.5) is 13.2 Å². The van der Waals surface area contributed by atoms with Crippen LogP contribution in [-0.4, -0.2) is 20.7 Å². The molecule has 16 heavy (non-hydrogen) atoms. The van der Waals surface area contributed by atoms with E-state index in [1.165, 1.54) is 12.1 Å². The van der Waals surface area contributed by atoms with Gasteiger partial charge in [-0.1, -0.05) is 0 Å². The number of aromatic nitrogens is 2. The Bertz CT molecular complexity index is 559. The molecule has 0 saturated heterocycles. The number of nitrogens with zero attached hydrogens (tertiary/aromatic N) is 2. The van der Waals surface area contributed by atoms with Crippen LogP contribution in [-0.2, 0) is 6.18 Å². The highest BCUT2D eigenvalue weighted by molar-refractivity contribution is 5.87. The smallest absolute Gasteiger partial charge is 0.417 e. The Kier molecular flexibility index (Phi) is 2.11. The molecule has 0 fully saturated rings. The monoisotopic (exact) mass is 230 g/mol. The van der Waals surface area contributed by atoms with Crippen molar-refractivity contribution in [2.75, 3.05) is 0 Å². The molecule has 0 amide bonds. The van der Waals surface area contributed by atoms with Gasteiger partial charge in [0.1, 0.15) is 0 Å². The average Bonchev–Trinajstić information content (AvgIpc) is 2.58. The summed E-state index contributed by atoms with van der Waals surface area (Å²) in [6, 6.07) is 3.24. The Morgan fingerprint density at radius 3 is 2.62 bits per heavy atom. The van der Waals surface area contributed by atoms with Gasteiger partial charge in [-0.3, -0.25) is 0 Å². The summed E-state index contributed by atoms with van der Waals surface area (Å²) < 4.78 is 37.9. The molecule has 0 aliphatic rings. The lowest BCUT2D eigenvalue weighted by molar-refractivity contribution is -0.137. The molecular weight excluding hydrogens is 225 g/mol. The van der Waals surface area contributed by atoms with Crippen molar-refractivity contribution in [3.05, 3.63) is 35.7 Å². The summed E-state index contributed by atoms with van der Waals surface area (Å²) in [7, 11) is 0. The molecule has 2 aromatic heterocycles. The fourth-order valence-corrected chi connectivity index (χ4v) is 1.26. The minimum atomic E-state index is -4.47. The predicted octanol–water partition coefficient (Wildman–Crippen LogP) is 2.05. The van der Waals surface area contributed by atoms with Gasteiger partial charge in [0.25, 0.3) is 0 Å². The van der Waals surface area contributed by atoms with Crippen molar-refractivity contribution in [3.63, 3.8) is 0 Å². The lowest BCUT2D eigenvalue weighted by Crippen LogP contribution is -2.06. The highest BCUT2D eigenvalue weighted by Gasteiger charge is 2.31. The maximum atomic E-state index is 12.3. The second-order valence-corrected chi connectivity index (χ2v) is 3.12. The van der Waals surface area contributed by atoms with Crippen molar-refractivity contribution in [1.29, 1.82) is 0 Å². The zero-order valence-corrected chi connectivity index (χ0v) is 7.69. The molecule has 0 bridgehead atoms. The summed E-state index contributed by atoms with van der Waals surface area (Å²) in [6.45, 7) is 0. The molecule has 0 atom stereocenters. The van der Waals surface area contributed by atoms with E-state index in [0.717, 1.165) is 16.8 Å². The fraction of sp³-hybridized carbons (Fsp3) is 0.111. The van der Waals surface area contributed by atoms with E-state index in [0.29, 0.717) is 5.52 Å². The lowest BCUT2D eigenvalue weighted by Gasteiger charge is -2.05. The van der Waals surface area contributed by atoms with E-state index >= 15 is 0 Å². The average molecular weight is 230 g/mol. The van der Waals surface area contributed by atoms with E-state index in [-0.39, 0.29) is 5.69 Å². The summed E-state index contributed by atoms with van der Waals surface area (Å²) in [6.07, 6.45) is -3.72. The first-order valence-corrected chi connectivity index (χ1v) is 4.18. The first-order valence-electron chi connectivity index (χ1n) is 4.18. The Morgan fingerprint density at radius 1 is 1.38 bits per heavy atom. The number of halogens is 3. The van der Waals surface area contributed by atoms with Gasteiger partial charge >= 0.3 is 12.1 Å². The van der Waals surface area contributed by atoms with Gasteiger partial charge in [0.2, 0.25) is 0 Å². The van der Waals surface area contributed by atoms with Gasteiger partial charge in [-0.05, 0) is 18.2 Å². The van der Waals surface area contributed by atoms with Crippen LogP contribution in [0, 0.1) is 0 Å².